The Morgan fingerprint density at radius 3 is 1.90 bits per heavy atom. The van der Waals surface area contributed by atoms with Crippen LogP contribution >= 0.6 is 0 Å². The number of aliphatic hydroxyl groups is 1. The molecule has 6 nitrogen and oxygen atoms in total. The Hall–Kier alpha value is -1.35. The van der Waals surface area contributed by atoms with Gasteiger partial charge in [0.1, 0.15) is 11.5 Å². The van der Waals surface area contributed by atoms with Crippen LogP contribution < -0.4 is 29.6 Å². The van der Waals surface area contributed by atoms with Crippen molar-refractivity contribution < 1.29 is 57.8 Å². The Kier molecular flexibility index (Phi) is 10.4. The molecule has 0 radical (unpaired) electrons. The molecule has 0 fully saturated rings. The zero-order valence-corrected chi connectivity index (χ0v) is 19.4. The van der Waals surface area contributed by atoms with Crippen molar-refractivity contribution in [1.82, 2.24) is 0 Å². The Balaban J connectivity index is 0.00000420. The topological polar surface area (TPSA) is 118 Å². The molecular weight excluding hydrogens is 403 g/mol. The summed E-state index contributed by atoms with van der Waals surface area (Å²) in [7, 11) is -4.52. The first-order valence-electron chi connectivity index (χ1n) is 9.08. The summed E-state index contributed by atoms with van der Waals surface area (Å²) < 4.78 is 35.2. The fourth-order valence-electron chi connectivity index (χ4n) is 3.08. The molecule has 0 aromatic heterocycles. The summed E-state index contributed by atoms with van der Waals surface area (Å²) in [6.07, 6.45) is 2.78. The van der Waals surface area contributed by atoms with Crippen LogP contribution in [0.15, 0.2) is 60.7 Å². The van der Waals surface area contributed by atoms with Crippen LogP contribution in [-0.4, -0.2) is 33.5 Å². The zero-order chi connectivity index (χ0) is 20.7. The predicted molar refractivity (Wildman–Crippen MR) is 106 cm³/mol. The van der Waals surface area contributed by atoms with Gasteiger partial charge in [0.15, 0.2) is 0 Å². The number of phenols is 2. The maximum atomic E-state index is 11.7. The molecule has 0 aliphatic heterocycles. The Bertz CT molecular complexity index is 878. The maximum Gasteiger partial charge on any atom is 1.00 e. The molecule has 3 N–H and O–H groups in total. The molecule has 0 saturated carbocycles. The van der Waals surface area contributed by atoms with Crippen LogP contribution in [0.3, 0.4) is 0 Å². The van der Waals surface area contributed by atoms with E-state index in [1.54, 1.807) is 24.3 Å². The van der Waals surface area contributed by atoms with Gasteiger partial charge in [0.2, 0.25) is 0 Å². The van der Waals surface area contributed by atoms with Crippen molar-refractivity contribution >= 4 is 10.1 Å². The molecule has 2 aromatic rings. The summed E-state index contributed by atoms with van der Waals surface area (Å²) >= 11 is 0. The third-order valence-corrected chi connectivity index (χ3v) is 5.97. The van der Waals surface area contributed by atoms with E-state index in [2.05, 4.69) is 0 Å². The van der Waals surface area contributed by atoms with E-state index in [9.17, 15) is 28.3 Å². The molecule has 0 aliphatic carbocycles. The van der Waals surface area contributed by atoms with E-state index in [0.29, 0.717) is 12.0 Å². The molecule has 3 atom stereocenters. The average Bonchev–Trinajstić information content (AvgIpc) is 2.65. The molecule has 0 bridgehead atoms. The number of phenolic OH excluding ortho intramolecular Hbond substituents is 2. The molecule has 29 heavy (non-hydrogen) atoms. The van der Waals surface area contributed by atoms with E-state index >= 15 is 0 Å². The van der Waals surface area contributed by atoms with Crippen molar-refractivity contribution in [2.24, 2.45) is 0 Å². The van der Waals surface area contributed by atoms with Gasteiger partial charge >= 0.3 is 29.6 Å². The van der Waals surface area contributed by atoms with Gasteiger partial charge in [-0.3, -0.25) is 0 Å². The molecule has 0 amide bonds. The smallest absolute Gasteiger partial charge is 0.748 e. The number of benzene rings is 2. The van der Waals surface area contributed by atoms with E-state index in [4.69, 9.17) is 0 Å². The van der Waals surface area contributed by atoms with Crippen molar-refractivity contribution in [3.63, 3.8) is 0 Å². The largest absolute Gasteiger partial charge is 1.00 e. The fraction of sp³-hybridized carbons (Fsp3) is 0.333. The van der Waals surface area contributed by atoms with E-state index in [0.717, 1.165) is 5.56 Å². The quantitative estimate of drug-likeness (QED) is 0.306. The van der Waals surface area contributed by atoms with E-state index < -0.39 is 21.5 Å². The van der Waals surface area contributed by atoms with Gasteiger partial charge in [-0.05, 0) is 60.6 Å². The van der Waals surface area contributed by atoms with Crippen LogP contribution in [-0.2, 0) is 10.1 Å². The molecule has 8 heteroatoms. The minimum Gasteiger partial charge on any atom is -0.748 e. The van der Waals surface area contributed by atoms with Crippen molar-refractivity contribution in [2.75, 3.05) is 0 Å². The third kappa shape index (κ3) is 8.12. The number of rotatable bonds is 9. The minimum absolute atomic E-state index is 0. The van der Waals surface area contributed by atoms with E-state index in [1.807, 2.05) is 6.92 Å². The van der Waals surface area contributed by atoms with Crippen molar-refractivity contribution in [1.29, 1.82) is 0 Å². The van der Waals surface area contributed by atoms with E-state index in [1.165, 1.54) is 36.4 Å². The molecular formula is C21H25NaO6S. The molecule has 0 heterocycles. The second-order valence-corrected chi connectivity index (χ2v) is 8.40. The van der Waals surface area contributed by atoms with Gasteiger partial charge in [-0.2, -0.15) is 0 Å². The van der Waals surface area contributed by atoms with Gasteiger partial charge in [-0.25, -0.2) is 8.42 Å². The number of hydrogen-bond donors (Lipinski definition) is 3. The monoisotopic (exact) mass is 428 g/mol. The first kappa shape index (κ1) is 25.7. The summed E-state index contributed by atoms with van der Waals surface area (Å²) in [5.74, 6) is 0.0692. The van der Waals surface area contributed by atoms with Crippen LogP contribution in [0.1, 0.15) is 49.3 Å². The molecule has 0 unspecified atom stereocenters. The van der Waals surface area contributed by atoms with Gasteiger partial charge in [0, 0.05) is 0 Å². The molecule has 2 aromatic carbocycles. The predicted octanol–water partition coefficient (Wildman–Crippen LogP) is 0.579. The first-order valence-corrected chi connectivity index (χ1v) is 10.5. The minimum atomic E-state index is -4.52. The summed E-state index contributed by atoms with van der Waals surface area (Å²) in [6, 6.07) is 12.5. The van der Waals surface area contributed by atoms with E-state index in [-0.39, 0.29) is 59.8 Å². The second kappa shape index (κ2) is 11.7. The normalized spacial score (nSPS) is 14.9. The molecule has 0 spiro atoms. The Labute approximate surface area is 194 Å². The first-order chi connectivity index (χ1) is 13.2. The molecule has 152 valence electrons. The summed E-state index contributed by atoms with van der Waals surface area (Å²) in [5.41, 5.74) is 1.41. The third-order valence-electron chi connectivity index (χ3n) is 4.76. The molecule has 0 aliphatic rings. The van der Waals surface area contributed by atoms with Crippen LogP contribution in [0.4, 0.5) is 0 Å². The Morgan fingerprint density at radius 2 is 1.45 bits per heavy atom. The fourth-order valence-corrected chi connectivity index (χ4v) is 3.89. The molecule has 2 rings (SSSR count). The number of hydrogen-bond acceptors (Lipinski definition) is 6. The summed E-state index contributed by atoms with van der Waals surface area (Å²) in [6.45, 7) is 1.91. The van der Waals surface area contributed by atoms with Gasteiger partial charge in [0.25, 0.3) is 0 Å². The summed E-state index contributed by atoms with van der Waals surface area (Å²) in [4.78, 5) is 0. The Morgan fingerprint density at radius 1 is 0.966 bits per heavy atom. The van der Waals surface area contributed by atoms with Crippen molar-refractivity contribution in [3.05, 3.63) is 71.8 Å². The van der Waals surface area contributed by atoms with Crippen LogP contribution in [0.5, 0.6) is 11.5 Å². The number of aliphatic hydroxyl groups excluding tert-OH is 1. The molecule has 0 saturated heterocycles. The van der Waals surface area contributed by atoms with Gasteiger partial charge in [-0.15, -0.1) is 0 Å². The second-order valence-electron chi connectivity index (χ2n) is 6.75. The number of allylic oxidation sites excluding steroid dienone is 1. The van der Waals surface area contributed by atoms with Gasteiger partial charge in [0.05, 0.1) is 21.5 Å². The number of aromatic hydroxyl groups is 2. The summed E-state index contributed by atoms with van der Waals surface area (Å²) in [5, 5.41) is 27.7. The van der Waals surface area contributed by atoms with Gasteiger partial charge < -0.3 is 19.9 Å². The van der Waals surface area contributed by atoms with Crippen LogP contribution in [0.2, 0.25) is 0 Å². The average molecular weight is 428 g/mol. The van der Waals surface area contributed by atoms with Crippen molar-refractivity contribution in [2.45, 2.75) is 43.5 Å². The standard InChI is InChI=1S/C21H26O6S.Na/c1-2-15(16-6-10-18(22)11-7-16)14-20(28(25,26)27)4-3-5-21(24)17-8-12-19(23)13-9-17;/h3,5-13,15,20-24H,2,4,14H2,1H3,(H,25,26,27);/q;+1/p-1/b5-3+;/t15-,20+,21-;/m1./s1. The van der Waals surface area contributed by atoms with Crippen molar-refractivity contribution in [3.8, 4) is 11.5 Å². The van der Waals surface area contributed by atoms with Crippen LogP contribution in [0, 0.1) is 0 Å². The maximum absolute atomic E-state index is 11.7. The zero-order valence-electron chi connectivity index (χ0n) is 16.6. The van der Waals surface area contributed by atoms with Crippen LogP contribution in [0.25, 0.3) is 0 Å². The van der Waals surface area contributed by atoms with Gasteiger partial charge in [-0.1, -0.05) is 43.3 Å². The SMILES string of the molecule is CC[C@H](C[C@H](C/C=C/[C@@H](O)c1ccc(O)cc1)S(=O)(=O)[O-])c1ccc(O)cc1.[Na+].